The molecule has 1 aliphatic rings. The number of aromatic nitrogens is 1. The maximum Gasteiger partial charge on any atom is 0.268 e. The summed E-state index contributed by atoms with van der Waals surface area (Å²) in [6, 6.07) is 8.26. The van der Waals surface area contributed by atoms with Gasteiger partial charge in [0, 0.05) is 29.4 Å². The van der Waals surface area contributed by atoms with Gasteiger partial charge in [0.1, 0.15) is 10.6 Å². The number of morpholine rings is 1. The van der Waals surface area contributed by atoms with Crippen LogP contribution in [0.1, 0.15) is 10.5 Å². The lowest BCUT2D eigenvalue weighted by molar-refractivity contribution is -0.115. The van der Waals surface area contributed by atoms with Gasteiger partial charge in [-0.25, -0.2) is 8.42 Å². The maximum atomic E-state index is 12.6. The highest BCUT2D eigenvalue weighted by Gasteiger charge is 2.28. The first-order valence-corrected chi connectivity index (χ1v) is 10.7. The summed E-state index contributed by atoms with van der Waals surface area (Å²) in [7, 11) is -3.69. The fourth-order valence-corrected chi connectivity index (χ4v) is 4.25. The molecule has 9 nitrogen and oxygen atoms in total. The van der Waals surface area contributed by atoms with Crippen LogP contribution in [0.2, 0.25) is 0 Å². The molecule has 1 aliphatic heterocycles. The number of nitrogens with zero attached hydrogens (tertiary/aromatic N) is 1. The maximum absolute atomic E-state index is 12.6. The van der Waals surface area contributed by atoms with Crippen molar-refractivity contribution in [2.75, 3.05) is 38.2 Å². The van der Waals surface area contributed by atoms with E-state index in [1.165, 1.54) is 16.6 Å². The molecule has 11 heteroatoms. The lowest BCUT2D eigenvalue weighted by atomic mass is 10.3. The number of nitrogens with one attached hydrogen (secondary N) is 3. The van der Waals surface area contributed by atoms with Gasteiger partial charge in [0.2, 0.25) is 15.9 Å². The molecule has 2 heterocycles. The van der Waals surface area contributed by atoms with Crippen LogP contribution in [0.4, 0.5) is 5.69 Å². The van der Waals surface area contributed by atoms with Crippen molar-refractivity contribution in [2.45, 2.75) is 4.90 Å². The molecule has 2 aromatic rings. The van der Waals surface area contributed by atoms with Gasteiger partial charge in [0.05, 0.1) is 19.8 Å². The van der Waals surface area contributed by atoms with Crippen molar-refractivity contribution >= 4 is 43.5 Å². The zero-order chi connectivity index (χ0) is 20.1. The van der Waals surface area contributed by atoms with Crippen LogP contribution in [0.5, 0.6) is 0 Å². The summed E-state index contributed by atoms with van der Waals surface area (Å²) in [6.07, 6.45) is 1.27. The van der Waals surface area contributed by atoms with E-state index in [0.29, 0.717) is 18.9 Å². The lowest BCUT2D eigenvalue weighted by Crippen LogP contribution is -2.40. The number of aromatic amines is 1. The van der Waals surface area contributed by atoms with Gasteiger partial charge in [0.15, 0.2) is 0 Å². The number of H-pyrrole nitrogens is 1. The number of carbonyl (C=O) groups is 2. The highest BCUT2D eigenvalue weighted by atomic mass is 79.9. The van der Waals surface area contributed by atoms with Gasteiger partial charge in [-0.1, -0.05) is 15.9 Å². The van der Waals surface area contributed by atoms with Gasteiger partial charge in [-0.05, 0) is 30.3 Å². The molecule has 2 amide bonds. The third kappa shape index (κ3) is 4.98. The number of amides is 2. The first-order valence-electron chi connectivity index (χ1n) is 8.46. The minimum absolute atomic E-state index is 0.00105. The van der Waals surface area contributed by atoms with E-state index < -0.39 is 21.8 Å². The first-order chi connectivity index (χ1) is 13.4. The molecule has 1 aromatic heterocycles. The number of ether oxygens (including phenoxy) is 1. The second-order valence-electron chi connectivity index (χ2n) is 6.00. The molecule has 0 spiro atoms. The van der Waals surface area contributed by atoms with E-state index in [0.717, 1.165) is 4.47 Å². The highest BCUT2D eigenvalue weighted by Crippen LogP contribution is 2.18. The molecule has 1 aromatic carbocycles. The molecule has 28 heavy (non-hydrogen) atoms. The molecule has 1 fully saturated rings. The highest BCUT2D eigenvalue weighted by molar-refractivity contribution is 9.10. The molecule has 0 unspecified atom stereocenters. The average molecular weight is 471 g/mol. The topological polar surface area (TPSA) is 121 Å². The van der Waals surface area contributed by atoms with E-state index in [2.05, 4.69) is 31.5 Å². The van der Waals surface area contributed by atoms with Crippen LogP contribution in [0, 0.1) is 0 Å². The summed E-state index contributed by atoms with van der Waals surface area (Å²) in [4.78, 5) is 26.8. The van der Waals surface area contributed by atoms with Crippen LogP contribution in [0.15, 0.2) is 45.9 Å². The van der Waals surface area contributed by atoms with E-state index in [1.54, 1.807) is 24.3 Å². The zero-order valence-electron chi connectivity index (χ0n) is 14.8. The predicted octanol–water partition coefficient (Wildman–Crippen LogP) is 1.17. The number of hydrogen-bond donors (Lipinski definition) is 3. The number of hydrogen-bond acceptors (Lipinski definition) is 5. The van der Waals surface area contributed by atoms with E-state index in [9.17, 15) is 18.0 Å². The Balaban J connectivity index is 1.56. The molecule has 1 saturated heterocycles. The Morgan fingerprint density at radius 2 is 1.86 bits per heavy atom. The predicted molar refractivity (Wildman–Crippen MR) is 105 cm³/mol. The fraction of sp³-hybridized carbons (Fsp3) is 0.294. The summed E-state index contributed by atoms with van der Waals surface area (Å²) < 4.78 is 32.5. The van der Waals surface area contributed by atoms with Crippen LogP contribution in [-0.4, -0.2) is 62.4 Å². The van der Waals surface area contributed by atoms with Gasteiger partial charge in [-0.15, -0.1) is 0 Å². The van der Waals surface area contributed by atoms with Gasteiger partial charge < -0.3 is 20.4 Å². The van der Waals surface area contributed by atoms with Crippen molar-refractivity contribution in [2.24, 2.45) is 0 Å². The first kappa shape index (κ1) is 20.5. The smallest absolute Gasteiger partial charge is 0.268 e. The van der Waals surface area contributed by atoms with E-state index in [4.69, 9.17) is 4.74 Å². The number of benzene rings is 1. The Morgan fingerprint density at radius 3 is 2.54 bits per heavy atom. The van der Waals surface area contributed by atoms with Crippen LogP contribution >= 0.6 is 15.9 Å². The van der Waals surface area contributed by atoms with Crippen LogP contribution in [0.3, 0.4) is 0 Å². The standard InChI is InChI=1S/C17H19BrN4O5S/c18-12-1-3-13(4-2-12)21-16(23)11-20-17(24)15-9-14(10-19-15)28(25,26)22-5-7-27-8-6-22/h1-4,9-10,19H,5-8,11H2,(H,20,24)(H,21,23). The minimum Gasteiger partial charge on any atom is -0.379 e. The van der Waals surface area contributed by atoms with Gasteiger partial charge in [-0.2, -0.15) is 4.31 Å². The summed E-state index contributed by atoms with van der Waals surface area (Å²) >= 11 is 3.30. The van der Waals surface area contributed by atoms with Crippen LogP contribution in [-0.2, 0) is 19.6 Å². The van der Waals surface area contributed by atoms with E-state index in [-0.39, 0.29) is 30.2 Å². The molecular formula is C17H19BrN4O5S. The van der Waals surface area contributed by atoms with Gasteiger partial charge in [-0.3, -0.25) is 9.59 Å². The summed E-state index contributed by atoms with van der Waals surface area (Å²) in [5.74, 6) is -0.974. The number of anilines is 1. The monoisotopic (exact) mass is 470 g/mol. The molecule has 150 valence electrons. The van der Waals surface area contributed by atoms with Crippen molar-refractivity contribution < 1.29 is 22.7 Å². The minimum atomic E-state index is -3.69. The van der Waals surface area contributed by atoms with Crippen molar-refractivity contribution in [3.63, 3.8) is 0 Å². The van der Waals surface area contributed by atoms with Crippen molar-refractivity contribution in [1.82, 2.24) is 14.6 Å². The van der Waals surface area contributed by atoms with Crippen LogP contribution in [0.25, 0.3) is 0 Å². The van der Waals surface area contributed by atoms with Crippen molar-refractivity contribution in [3.05, 3.63) is 46.7 Å². The molecule has 0 atom stereocenters. The summed E-state index contributed by atoms with van der Waals surface area (Å²) in [5, 5.41) is 5.10. The fourth-order valence-electron chi connectivity index (χ4n) is 2.58. The molecule has 0 bridgehead atoms. The van der Waals surface area contributed by atoms with E-state index >= 15 is 0 Å². The Labute approximate surface area is 170 Å². The largest absolute Gasteiger partial charge is 0.379 e. The Hall–Kier alpha value is -2.21. The second kappa shape index (κ2) is 8.86. The number of sulfonamides is 1. The number of halogens is 1. The van der Waals surface area contributed by atoms with Crippen molar-refractivity contribution in [3.8, 4) is 0 Å². The Kier molecular flexibility index (Phi) is 6.50. The third-order valence-electron chi connectivity index (χ3n) is 4.05. The number of rotatable bonds is 6. The third-order valence-corrected chi connectivity index (χ3v) is 6.45. The van der Waals surface area contributed by atoms with Crippen LogP contribution < -0.4 is 10.6 Å². The number of carbonyl (C=O) groups excluding carboxylic acids is 2. The molecule has 0 aliphatic carbocycles. The van der Waals surface area contributed by atoms with Crippen molar-refractivity contribution in [1.29, 1.82) is 0 Å². The Bertz CT molecular complexity index is 952. The molecule has 0 saturated carbocycles. The quantitative estimate of drug-likeness (QED) is 0.584. The second-order valence-corrected chi connectivity index (χ2v) is 8.86. The normalized spacial score (nSPS) is 15.2. The molecule has 0 radical (unpaired) electrons. The summed E-state index contributed by atoms with van der Waals surface area (Å²) in [5.41, 5.74) is 0.657. The van der Waals surface area contributed by atoms with Gasteiger partial charge in [0.25, 0.3) is 5.91 Å². The molecule has 3 N–H and O–H groups in total. The molecular weight excluding hydrogens is 452 g/mol. The van der Waals surface area contributed by atoms with E-state index in [1.807, 2.05) is 0 Å². The lowest BCUT2D eigenvalue weighted by Gasteiger charge is -2.25. The summed E-state index contributed by atoms with van der Waals surface area (Å²) in [6.45, 7) is 0.963. The Morgan fingerprint density at radius 1 is 1.18 bits per heavy atom. The average Bonchev–Trinajstić information content (AvgIpc) is 3.20. The zero-order valence-corrected chi connectivity index (χ0v) is 17.2. The molecule has 3 rings (SSSR count). The SMILES string of the molecule is O=C(CNC(=O)c1cc(S(=O)(=O)N2CCOCC2)c[nH]1)Nc1ccc(Br)cc1. The van der Waals surface area contributed by atoms with Gasteiger partial charge >= 0.3 is 0 Å².